The number of hydrogen-bond donors (Lipinski definition) is 2. The Kier molecular flexibility index (Phi) is 4.52. The molecule has 1 saturated heterocycles. The van der Waals surface area contributed by atoms with Gasteiger partial charge in [-0.05, 0) is 55.6 Å². The third kappa shape index (κ3) is 3.65. The highest BCUT2D eigenvalue weighted by molar-refractivity contribution is 5.76. The van der Waals surface area contributed by atoms with E-state index in [9.17, 15) is 4.79 Å². The van der Waals surface area contributed by atoms with Crippen molar-refractivity contribution in [3.63, 3.8) is 0 Å². The number of pyridine rings is 2. The fourth-order valence-corrected chi connectivity index (χ4v) is 3.05. The predicted molar refractivity (Wildman–Crippen MR) is 89.2 cm³/mol. The number of carbonyl (C=O) groups is 1. The number of likely N-dealkylation sites (tertiary alicyclic amines) is 1. The van der Waals surface area contributed by atoms with E-state index in [1.165, 1.54) is 0 Å². The maximum Gasteiger partial charge on any atom is 0.231 e. The summed E-state index contributed by atoms with van der Waals surface area (Å²) in [5.41, 5.74) is 7.56. The molecule has 0 aromatic carbocycles. The van der Waals surface area contributed by atoms with E-state index in [-0.39, 0.29) is 11.9 Å². The standard InChI is InChI=1S/C17H21N5O/c1-12-4-2-7-20-17(12)21-16-10-13(6-8-19-16)14-5-3-9-22(14)11-15(18)23/h2,4,6-8,10,14H,3,5,9,11H2,1H3,(H2,18,23)(H,19,20,21)/t14-/m0/s1. The van der Waals surface area contributed by atoms with Crippen molar-refractivity contribution in [3.8, 4) is 0 Å². The minimum atomic E-state index is -0.284. The molecule has 2 aromatic rings. The van der Waals surface area contributed by atoms with Crippen LogP contribution >= 0.6 is 0 Å². The van der Waals surface area contributed by atoms with Crippen molar-refractivity contribution in [2.24, 2.45) is 5.73 Å². The highest BCUT2D eigenvalue weighted by Crippen LogP contribution is 2.32. The van der Waals surface area contributed by atoms with E-state index in [2.05, 4.69) is 20.2 Å². The van der Waals surface area contributed by atoms with Gasteiger partial charge in [-0.1, -0.05) is 6.07 Å². The van der Waals surface area contributed by atoms with E-state index in [4.69, 9.17) is 5.73 Å². The van der Waals surface area contributed by atoms with Gasteiger partial charge in [-0.25, -0.2) is 9.97 Å². The zero-order valence-electron chi connectivity index (χ0n) is 13.2. The summed E-state index contributed by atoms with van der Waals surface area (Å²) in [6.07, 6.45) is 5.64. The molecule has 1 fully saturated rings. The van der Waals surface area contributed by atoms with Gasteiger partial charge in [-0.15, -0.1) is 0 Å². The van der Waals surface area contributed by atoms with Crippen LogP contribution in [0, 0.1) is 6.92 Å². The van der Waals surface area contributed by atoms with Crippen LogP contribution in [0.3, 0.4) is 0 Å². The number of nitrogens with two attached hydrogens (primary N) is 1. The first-order valence-corrected chi connectivity index (χ1v) is 7.80. The summed E-state index contributed by atoms with van der Waals surface area (Å²) in [6.45, 7) is 3.21. The van der Waals surface area contributed by atoms with Gasteiger partial charge in [0, 0.05) is 18.4 Å². The van der Waals surface area contributed by atoms with Gasteiger partial charge in [0.15, 0.2) is 0 Å². The van der Waals surface area contributed by atoms with Crippen LogP contribution in [-0.2, 0) is 4.79 Å². The fraction of sp³-hybridized carbons (Fsp3) is 0.353. The lowest BCUT2D eigenvalue weighted by Crippen LogP contribution is -2.33. The number of aromatic nitrogens is 2. The van der Waals surface area contributed by atoms with Crippen molar-refractivity contribution in [1.29, 1.82) is 0 Å². The van der Waals surface area contributed by atoms with Gasteiger partial charge in [-0.2, -0.15) is 0 Å². The molecule has 3 rings (SSSR count). The molecule has 0 saturated carbocycles. The number of nitrogens with zero attached hydrogens (tertiary/aromatic N) is 3. The average molecular weight is 311 g/mol. The van der Waals surface area contributed by atoms with Crippen molar-refractivity contribution in [1.82, 2.24) is 14.9 Å². The Morgan fingerprint density at radius 3 is 3.04 bits per heavy atom. The number of amides is 1. The van der Waals surface area contributed by atoms with Crippen molar-refractivity contribution in [2.75, 3.05) is 18.4 Å². The van der Waals surface area contributed by atoms with Crippen LogP contribution in [-0.4, -0.2) is 33.9 Å². The predicted octanol–water partition coefficient (Wildman–Crippen LogP) is 2.15. The summed E-state index contributed by atoms with van der Waals surface area (Å²) in [5, 5.41) is 3.26. The molecule has 23 heavy (non-hydrogen) atoms. The van der Waals surface area contributed by atoms with Gasteiger partial charge in [0.1, 0.15) is 11.6 Å². The van der Waals surface area contributed by atoms with Crippen LogP contribution in [0.5, 0.6) is 0 Å². The first-order chi connectivity index (χ1) is 11.1. The van der Waals surface area contributed by atoms with Gasteiger partial charge >= 0.3 is 0 Å². The van der Waals surface area contributed by atoms with Gasteiger partial charge in [-0.3, -0.25) is 9.69 Å². The average Bonchev–Trinajstić information content (AvgIpc) is 2.97. The molecule has 2 aromatic heterocycles. The third-order valence-corrected chi connectivity index (χ3v) is 4.15. The molecule has 1 amide bonds. The zero-order chi connectivity index (χ0) is 16.2. The number of anilines is 2. The normalized spacial score (nSPS) is 18.0. The molecule has 3 heterocycles. The Morgan fingerprint density at radius 1 is 1.39 bits per heavy atom. The fourth-order valence-electron chi connectivity index (χ4n) is 3.05. The SMILES string of the molecule is Cc1cccnc1Nc1cc([C@@H]2CCCN2CC(N)=O)ccn1. The number of primary amides is 1. The second-order valence-corrected chi connectivity index (χ2v) is 5.86. The summed E-state index contributed by atoms with van der Waals surface area (Å²) in [5.74, 6) is 1.28. The lowest BCUT2D eigenvalue weighted by atomic mass is 10.1. The van der Waals surface area contributed by atoms with Gasteiger partial charge in [0.05, 0.1) is 6.54 Å². The second-order valence-electron chi connectivity index (χ2n) is 5.86. The maximum absolute atomic E-state index is 11.2. The molecule has 0 bridgehead atoms. The Morgan fingerprint density at radius 2 is 2.26 bits per heavy atom. The summed E-state index contributed by atoms with van der Waals surface area (Å²) >= 11 is 0. The lowest BCUT2D eigenvalue weighted by molar-refractivity contribution is -0.119. The van der Waals surface area contributed by atoms with Crippen molar-refractivity contribution in [2.45, 2.75) is 25.8 Å². The topological polar surface area (TPSA) is 84.1 Å². The van der Waals surface area contributed by atoms with Gasteiger partial charge in [0.2, 0.25) is 5.91 Å². The first-order valence-electron chi connectivity index (χ1n) is 7.80. The van der Waals surface area contributed by atoms with Crippen LogP contribution in [0.2, 0.25) is 0 Å². The van der Waals surface area contributed by atoms with Gasteiger partial charge < -0.3 is 11.1 Å². The van der Waals surface area contributed by atoms with Gasteiger partial charge in [0.25, 0.3) is 0 Å². The summed E-state index contributed by atoms with van der Waals surface area (Å²) in [4.78, 5) is 22.1. The van der Waals surface area contributed by atoms with Crippen LogP contribution in [0.4, 0.5) is 11.6 Å². The number of hydrogen-bond acceptors (Lipinski definition) is 5. The number of carbonyl (C=O) groups excluding carboxylic acids is 1. The number of aryl methyl sites for hydroxylation is 1. The van der Waals surface area contributed by atoms with Crippen LogP contribution < -0.4 is 11.1 Å². The van der Waals surface area contributed by atoms with Crippen LogP contribution in [0.15, 0.2) is 36.7 Å². The van der Waals surface area contributed by atoms with E-state index in [1.54, 1.807) is 12.4 Å². The molecular weight excluding hydrogens is 290 g/mol. The monoisotopic (exact) mass is 311 g/mol. The van der Waals surface area contributed by atoms with E-state index >= 15 is 0 Å². The van der Waals surface area contributed by atoms with Crippen molar-refractivity contribution in [3.05, 3.63) is 47.8 Å². The van der Waals surface area contributed by atoms with E-state index in [0.29, 0.717) is 6.54 Å². The minimum Gasteiger partial charge on any atom is -0.369 e. The molecule has 1 atom stereocenters. The van der Waals surface area contributed by atoms with E-state index in [1.807, 2.05) is 31.2 Å². The summed E-state index contributed by atoms with van der Waals surface area (Å²) < 4.78 is 0. The molecule has 120 valence electrons. The molecule has 6 nitrogen and oxygen atoms in total. The molecule has 0 aliphatic carbocycles. The lowest BCUT2D eigenvalue weighted by Gasteiger charge is -2.23. The maximum atomic E-state index is 11.2. The van der Waals surface area contributed by atoms with Crippen LogP contribution in [0.25, 0.3) is 0 Å². The molecular formula is C17H21N5O. The summed E-state index contributed by atoms with van der Waals surface area (Å²) in [6, 6.07) is 8.16. The Bertz CT molecular complexity index is 703. The third-order valence-electron chi connectivity index (χ3n) is 4.15. The molecule has 3 N–H and O–H groups in total. The van der Waals surface area contributed by atoms with Crippen molar-refractivity contribution >= 4 is 17.5 Å². The molecule has 0 unspecified atom stereocenters. The molecule has 6 heteroatoms. The number of rotatable bonds is 5. The second kappa shape index (κ2) is 6.75. The Labute approximate surface area is 135 Å². The molecule has 0 radical (unpaired) electrons. The quantitative estimate of drug-likeness (QED) is 0.884. The zero-order valence-corrected chi connectivity index (χ0v) is 13.2. The molecule has 0 spiro atoms. The van der Waals surface area contributed by atoms with Crippen molar-refractivity contribution < 1.29 is 4.79 Å². The minimum absolute atomic E-state index is 0.218. The van der Waals surface area contributed by atoms with Crippen LogP contribution in [0.1, 0.15) is 30.0 Å². The smallest absolute Gasteiger partial charge is 0.231 e. The number of nitrogens with one attached hydrogen (secondary N) is 1. The Hall–Kier alpha value is -2.47. The highest BCUT2D eigenvalue weighted by Gasteiger charge is 2.27. The molecule has 1 aliphatic heterocycles. The van der Waals surface area contributed by atoms with E-state index in [0.717, 1.165) is 42.1 Å². The summed E-state index contributed by atoms with van der Waals surface area (Å²) in [7, 11) is 0. The highest BCUT2D eigenvalue weighted by atomic mass is 16.1. The molecule has 1 aliphatic rings. The Balaban J connectivity index is 1.80. The van der Waals surface area contributed by atoms with E-state index < -0.39 is 0 Å². The largest absolute Gasteiger partial charge is 0.369 e. The first kappa shape index (κ1) is 15.4.